The van der Waals surface area contributed by atoms with Crippen LogP contribution in [0.25, 0.3) is 0 Å². The Hall–Kier alpha value is -0.300. The molecule has 0 radical (unpaired) electrons. The van der Waals surface area contributed by atoms with Crippen LogP contribution in [-0.4, -0.2) is 4.83 Å². The molecule has 96 valence electrons. The van der Waals surface area contributed by atoms with Crippen LogP contribution in [0, 0.1) is 5.41 Å². The fraction of sp³-hybridized carbons (Fsp3) is 0.625. The van der Waals surface area contributed by atoms with E-state index in [0.717, 1.165) is 6.42 Å². The van der Waals surface area contributed by atoms with Crippen LogP contribution in [0.15, 0.2) is 24.3 Å². The number of halogens is 1. The van der Waals surface area contributed by atoms with E-state index in [-0.39, 0.29) is 0 Å². The highest BCUT2D eigenvalue weighted by Crippen LogP contribution is 2.29. The summed E-state index contributed by atoms with van der Waals surface area (Å²) in [5, 5.41) is 0. The third-order valence-electron chi connectivity index (χ3n) is 3.29. The quantitative estimate of drug-likeness (QED) is 0.640. The molecule has 0 fully saturated rings. The number of hydrogen-bond acceptors (Lipinski definition) is 0. The van der Waals surface area contributed by atoms with Gasteiger partial charge in [0.2, 0.25) is 0 Å². The van der Waals surface area contributed by atoms with Crippen LogP contribution in [-0.2, 0) is 12.8 Å². The van der Waals surface area contributed by atoms with Crippen LogP contribution < -0.4 is 0 Å². The first-order valence-corrected chi connectivity index (χ1v) is 7.57. The molecular weight excluding hydrogens is 272 g/mol. The first kappa shape index (κ1) is 14.8. The molecule has 1 rings (SSSR count). The van der Waals surface area contributed by atoms with Gasteiger partial charge in [-0.25, -0.2) is 0 Å². The molecule has 0 heterocycles. The van der Waals surface area contributed by atoms with Crippen LogP contribution in [0.2, 0.25) is 0 Å². The van der Waals surface area contributed by atoms with Crippen LogP contribution >= 0.6 is 15.9 Å². The van der Waals surface area contributed by atoms with Crippen molar-refractivity contribution in [3.05, 3.63) is 35.4 Å². The van der Waals surface area contributed by atoms with Crippen molar-refractivity contribution in [3.63, 3.8) is 0 Å². The zero-order chi connectivity index (χ0) is 12.9. The standard InChI is InChI=1S/C16H25Br/c1-5-13-9-11-14(12-10-13)7-6-8-15(17)16(2,3)4/h9-12,15H,5-8H2,1-4H3. The molecule has 1 aromatic rings. The van der Waals surface area contributed by atoms with E-state index in [4.69, 9.17) is 0 Å². The van der Waals surface area contributed by atoms with E-state index in [9.17, 15) is 0 Å². The van der Waals surface area contributed by atoms with Gasteiger partial charge in [0.15, 0.2) is 0 Å². The average Bonchev–Trinajstić information content (AvgIpc) is 2.28. The number of benzene rings is 1. The van der Waals surface area contributed by atoms with Crippen LogP contribution in [0.4, 0.5) is 0 Å². The van der Waals surface area contributed by atoms with E-state index in [2.05, 4.69) is 67.9 Å². The third-order valence-corrected chi connectivity index (χ3v) is 5.13. The summed E-state index contributed by atoms with van der Waals surface area (Å²) in [5.41, 5.74) is 3.27. The Labute approximate surface area is 115 Å². The van der Waals surface area contributed by atoms with Crippen LogP contribution in [0.1, 0.15) is 51.7 Å². The molecule has 0 amide bonds. The second kappa shape index (κ2) is 6.58. The smallest absolute Gasteiger partial charge is 0.0194 e. The van der Waals surface area contributed by atoms with Gasteiger partial charge >= 0.3 is 0 Å². The number of rotatable bonds is 5. The molecule has 1 unspecified atom stereocenters. The summed E-state index contributed by atoms with van der Waals surface area (Å²) in [6, 6.07) is 9.06. The molecule has 17 heavy (non-hydrogen) atoms. The van der Waals surface area contributed by atoms with Crippen LogP contribution in [0.5, 0.6) is 0 Å². The van der Waals surface area contributed by atoms with Gasteiger partial charge in [0.25, 0.3) is 0 Å². The summed E-state index contributed by atoms with van der Waals surface area (Å²) >= 11 is 3.79. The minimum absolute atomic E-state index is 0.367. The van der Waals surface area contributed by atoms with Crippen molar-refractivity contribution in [2.45, 2.75) is 58.2 Å². The van der Waals surface area contributed by atoms with Gasteiger partial charge in [0.05, 0.1) is 0 Å². The van der Waals surface area contributed by atoms with E-state index in [0.29, 0.717) is 10.2 Å². The van der Waals surface area contributed by atoms with Gasteiger partial charge in [-0.3, -0.25) is 0 Å². The molecule has 0 saturated carbocycles. The molecule has 0 bridgehead atoms. The number of hydrogen-bond donors (Lipinski definition) is 0. The number of aryl methyl sites for hydroxylation is 2. The van der Waals surface area contributed by atoms with Crippen molar-refractivity contribution in [1.29, 1.82) is 0 Å². The Kier molecular flexibility index (Phi) is 5.72. The van der Waals surface area contributed by atoms with E-state index in [1.165, 1.54) is 30.4 Å². The Morgan fingerprint density at radius 3 is 2.06 bits per heavy atom. The molecule has 1 heteroatoms. The summed E-state index contributed by atoms with van der Waals surface area (Å²) < 4.78 is 0. The van der Waals surface area contributed by atoms with Crippen molar-refractivity contribution in [3.8, 4) is 0 Å². The van der Waals surface area contributed by atoms with Gasteiger partial charge in [-0.15, -0.1) is 0 Å². The molecule has 0 aliphatic rings. The predicted octanol–water partition coefficient (Wildman–Crippen LogP) is 5.38. The SMILES string of the molecule is CCc1ccc(CCCC(Br)C(C)(C)C)cc1. The topological polar surface area (TPSA) is 0 Å². The zero-order valence-corrected chi connectivity index (χ0v) is 13.2. The van der Waals surface area contributed by atoms with Gasteiger partial charge in [-0.1, -0.05) is 67.9 Å². The second-order valence-electron chi connectivity index (χ2n) is 5.90. The van der Waals surface area contributed by atoms with Gasteiger partial charge in [-0.05, 0) is 42.2 Å². The maximum atomic E-state index is 3.79. The summed E-state index contributed by atoms with van der Waals surface area (Å²) in [4.78, 5) is 0.616. The normalized spacial score (nSPS) is 13.7. The van der Waals surface area contributed by atoms with Gasteiger partial charge in [0.1, 0.15) is 0 Å². The van der Waals surface area contributed by atoms with Crippen molar-refractivity contribution in [2.24, 2.45) is 5.41 Å². The van der Waals surface area contributed by atoms with Crippen LogP contribution in [0.3, 0.4) is 0 Å². The van der Waals surface area contributed by atoms with Crippen molar-refractivity contribution in [1.82, 2.24) is 0 Å². The zero-order valence-electron chi connectivity index (χ0n) is 11.6. The lowest BCUT2D eigenvalue weighted by Crippen LogP contribution is -2.20. The van der Waals surface area contributed by atoms with Gasteiger partial charge in [-0.2, -0.15) is 0 Å². The average molecular weight is 297 g/mol. The molecule has 0 saturated heterocycles. The predicted molar refractivity (Wildman–Crippen MR) is 80.9 cm³/mol. The Bertz CT molecular complexity index is 318. The van der Waals surface area contributed by atoms with E-state index in [1.54, 1.807) is 0 Å². The van der Waals surface area contributed by atoms with E-state index >= 15 is 0 Å². The lowest BCUT2D eigenvalue weighted by atomic mass is 9.89. The van der Waals surface area contributed by atoms with E-state index in [1.807, 2.05) is 0 Å². The number of alkyl halides is 1. The molecule has 0 spiro atoms. The first-order chi connectivity index (χ1) is 7.93. The maximum Gasteiger partial charge on any atom is 0.0194 e. The van der Waals surface area contributed by atoms with Crippen molar-refractivity contribution in [2.75, 3.05) is 0 Å². The molecule has 1 aromatic carbocycles. The highest BCUT2D eigenvalue weighted by atomic mass is 79.9. The molecule has 0 aromatic heterocycles. The largest absolute Gasteiger partial charge is 0.0885 e. The lowest BCUT2D eigenvalue weighted by molar-refractivity contribution is 0.380. The summed E-state index contributed by atoms with van der Waals surface area (Å²) in [6.07, 6.45) is 4.84. The molecular formula is C16H25Br. The first-order valence-electron chi connectivity index (χ1n) is 6.65. The maximum absolute atomic E-state index is 3.79. The molecule has 0 aliphatic carbocycles. The highest BCUT2D eigenvalue weighted by Gasteiger charge is 2.20. The molecule has 0 aliphatic heterocycles. The lowest BCUT2D eigenvalue weighted by Gasteiger charge is -2.25. The third kappa shape index (κ3) is 5.25. The Morgan fingerprint density at radius 2 is 1.59 bits per heavy atom. The Morgan fingerprint density at radius 1 is 1.06 bits per heavy atom. The van der Waals surface area contributed by atoms with Crippen molar-refractivity contribution >= 4 is 15.9 Å². The van der Waals surface area contributed by atoms with Gasteiger partial charge in [0, 0.05) is 4.83 Å². The summed E-state index contributed by atoms with van der Waals surface area (Å²) in [7, 11) is 0. The highest BCUT2D eigenvalue weighted by molar-refractivity contribution is 9.09. The fourth-order valence-corrected chi connectivity index (χ4v) is 2.18. The minimum Gasteiger partial charge on any atom is -0.0885 e. The van der Waals surface area contributed by atoms with Gasteiger partial charge < -0.3 is 0 Å². The monoisotopic (exact) mass is 296 g/mol. The van der Waals surface area contributed by atoms with Crippen molar-refractivity contribution < 1.29 is 0 Å². The Balaban J connectivity index is 2.35. The van der Waals surface area contributed by atoms with E-state index < -0.39 is 0 Å². The summed E-state index contributed by atoms with van der Waals surface area (Å²) in [6.45, 7) is 9.08. The minimum atomic E-state index is 0.367. The molecule has 1 atom stereocenters. The second-order valence-corrected chi connectivity index (χ2v) is 7.00. The fourth-order valence-electron chi connectivity index (χ4n) is 1.86. The molecule has 0 N–H and O–H groups in total. The molecule has 0 nitrogen and oxygen atoms in total. The summed E-state index contributed by atoms with van der Waals surface area (Å²) in [5.74, 6) is 0.